The highest BCUT2D eigenvalue weighted by Gasteiger charge is 2.57. The number of hydrogen-bond acceptors (Lipinski definition) is 5. The summed E-state index contributed by atoms with van der Waals surface area (Å²) >= 11 is 0. The van der Waals surface area contributed by atoms with Crippen LogP contribution in [0, 0.1) is 0 Å². The molecule has 2 fully saturated rings. The zero-order valence-corrected chi connectivity index (χ0v) is 8.28. The van der Waals surface area contributed by atoms with Gasteiger partial charge >= 0.3 is 5.97 Å². The molecule has 0 bridgehead atoms. The van der Waals surface area contributed by atoms with E-state index in [4.69, 9.17) is 19.3 Å². The third-order valence-electron chi connectivity index (χ3n) is 2.50. The second kappa shape index (κ2) is 2.92. The molecule has 2 heterocycles. The molecule has 2 aliphatic heterocycles. The van der Waals surface area contributed by atoms with E-state index in [1.54, 1.807) is 13.8 Å². The van der Waals surface area contributed by atoms with Crippen LogP contribution in [0.1, 0.15) is 20.3 Å². The molecule has 0 amide bonds. The molecule has 2 saturated heterocycles. The minimum Gasteiger partial charge on any atom is -0.458 e. The minimum absolute atomic E-state index is 0.169. The smallest absolute Gasteiger partial charge is 0.341 e. The van der Waals surface area contributed by atoms with Gasteiger partial charge in [0.2, 0.25) is 0 Å². The first-order valence-electron chi connectivity index (χ1n) is 4.63. The third-order valence-corrected chi connectivity index (χ3v) is 2.50. The lowest BCUT2D eigenvalue weighted by atomic mass is 10.0. The predicted molar refractivity (Wildman–Crippen MR) is 45.4 cm³/mol. The van der Waals surface area contributed by atoms with E-state index in [2.05, 4.69) is 0 Å². The monoisotopic (exact) mass is 202 g/mol. The van der Waals surface area contributed by atoms with Crippen molar-refractivity contribution in [3.63, 3.8) is 0 Å². The van der Waals surface area contributed by atoms with Gasteiger partial charge in [0.05, 0.1) is 13.2 Å². The molecule has 0 aliphatic carbocycles. The molecule has 1 spiro atoms. The summed E-state index contributed by atoms with van der Waals surface area (Å²) in [5.41, 5.74) is -0.989. The Labute approximate surface area is 81.9 Å². The number of rotatable bonds is 1. The summed E-state index contributed by atoms with van der Waals surface area (Å²) < 4.78 is 15.8. The number of ether oxygens (including phenoxy) is 3. The van der Waals surface area contributed by atoms with Crippen LogP contribution < -0.4 is 0 Å². The summed E-state index contributed by atoms with van der Waals surface area (Å²) in [6.07, 6.45) is -0.0915. The highest BCUT2D eigenvalue weighted by atomic mass is 16.8. The van der Waals surface area contributed by atoms with Gasteiger partial charge in [-0.1, -0.05) is 0 Å². The summed E-state index contributed by atoms with van der Waals surface area (Å²) in [5.74, 6) is -1.18. The van der Waals surface area contributed by atoms with E-state index in [9.17, 15) is 4.79 Å². The fourth-order valence-corrected chi connectivity index (χ4v) is 1.87. The van der Waals surface area contributed by atoms with E-state index in [-0.39, 0.29) is 13.2 Å². The van der Waals surface area contributed by atoms with Crippen molar-refractivity contribution in [3.8, 4) is 0 Å². The number of hydrogen-bond donors (Lipinski definition) is 1. The second-order valence-electron chi connectivity index (χ2n) is 4.20. The van der Waals surface area contributed by atoms with Crippen molar-refractivity contribution in [2.45, 2.75) is 37.8 Å². The maximum absolute atomic E-state index is 11.5. The SMILES string of the molecule is CC1(C)OCC2(CC(CO)OC2=O)O1. The van der Waals surface area contributed by atoms with Crippen LogP contribution in [-0.2, 0) is 19.0 Å². The summed E-state index contributed by atoms with van der Waals surface area (Å²) in [6, 6.07) is 0. The van der Waals surface area contributed by atoms with Crippen molar-refractivity contribution < 1.29 is 24.1 Å². The Kier molecular flexibility index (Phi) is 2.06. The first kappa shape index (κ1) is 9.89. The van der Waals surface area contributed by atoms with Crippen LogP contribution in [0.2, 0.25) is 0 Å². The van der Waals surface area contributed by atoms with Gasteiger partial charge in [0.1, 0.15) is 6.10 Å². The molecular weight excluding hydrogens is 188 g/mol. The van der Waals surface area contributed by atoms with Gasteiger partial charge in [-0.25, -0.2) is 4.79 Å². The predicted octanol–water partition coefficient (Wildman–Crippen LogP) is -0.184. The van der Waals surface area contributed by atoms with Crippen molar-refractivity contribution in [1.82, 2.24) is 0 Å². The number of carbonyl (C=O) groups is 1. The fourth-order valence-electron chi connectivity index (χ4n) is 1.87. The molecule has 5 nitrogen and oxygen atoms in total. The molecular formula is C9H14O5. The number of aliphatic hydroxyl groups excluding tert-OH is 1. The highest BCUT2D eigenvalue weighted by Crippen LogP contribution is 2.39. The number of carbonyl (C=O) groups excluding carboxylic acids is 1. The summed E-state index contributed by atoms with van der Waals surface area (Å²) in [6.45, 7) is 3.54. The average molecular weight is 202 g/mol. The van der Waals surface area contributed by atoms with Gasteiger partial charge in [-0.2, -0.15) is 0 Å². The van der Waals surface area contributed by atoms with Crippen LogP contribution in [-0.4, -0.2) is 41.8 Å². The number of esters is 1. The summed E-state index contributed by atoms with van der Waals surface area (Å²) in [4.78, 5) is 11.5. The van der Waals surface area contributed by atoms with Crippen LogP contribution in [0.4, 0.5) is 0 Å². The van der Waals surface area contributed by atoms with Crippen molar-refractivity contribution in [2.24, 2.45) is 0 Å². The van der Waals surface area contributed by atoms with E-state index in [0.29, 0.717) is 6.42 Å². The van der Waals surface area contributed by atoms with Crippen molar-refractivity contribution >= 4 is 5.97 Å². The Morgan fingerprint density at radius 3 is 2.71 bits per heavy atom. The molecule has 0 saturated carbocycles. The zero-order chi connectivity index (χ0) is 10.4. The topological polar surface area (TPSA) is 65.0 Å². The minimum atomic E-state index is -0.989. The molecule has 2 rings (SSSR count). The molecule has 0 aromatic rings. The van der Waals surface area contributed by atoms with Gasteiger partial charge < -0.3 is 19.3 Å². The lowest BCUT2D eigenvalue weighted by molar-refractivity contribution is -0.177. The van der Waals surface area contributed by atoms with Crippen molar-refractivity contribution in [3.05, 3.63) is 0 Å². The lowest BCUT2D eigenvalue weighted by Gasteiger charge is -2.20. The lowest BCUT2D eigenvalue weighted by Crippen LogP contribution is -2.39. The maximum Gasteiger partial charge on any atom is 0.341 e. The van der Waals surface area contributed by atoms with E-state index >= 15 is 0 Å². The molecule has 80 valence electrons. The van der Waals surface area contributed by atoms with Gasteiger partial charge in [-0.15, -0.1) is 0 Å². The van der Waals surface area contributed by atoms with E-state index in [1.807, 2.05) is 0 Å². The van der Waals surface area contributed by atoms with Gasteiger partial charge in [0.25, 0.3) is 0 Å². The second-order valence-corrected chi connectivity index (χ2v) is 4.20. The Bertz CT molecular complexity index is 262. The first-order valence-corrected chi connectivity index (χ1v) is 4.63. The van der Waals surface area contributed by atoms with Gasteiger partial charge in [0, 0.05) is 6.42 Å². The molecule has 0 aromatic heterocycles. The quantitative estimate of drug-likeness (QED) is 0.597. The Morgan fingerprint density at radius 2 is 2.29 bits per heavy atom. The van der Waals surface area contributed by atoms with Crippen LogP contribution in [0.15, 0.2) is 0 Å². The normalized spacial score (nSPS) is 40.5. The Morgan fingerprint density at radius 1 is 1.57 bits per heavy atom. The molecule has 2 aliphatic rings. The first-order chi connectivity index (χ1) is 6.47. The summed E-state index contributed by atoms with van der Waals surface area (Å²) in [5, 5.41) is 8.88. The van der Waals surface area contributed by atoms with E-state index in [1.165, 1.54) is 0 Å². The molecule has 5 heteroatoms. The van der Waals surface area contributed by atoms with E-state index in [0.717, 1.165) is 0 Å². The Balaban J connectivity index is 2.15. The Hall–Kier alpha value is -0.650. The molecule has 14 heavy (non-hydrogen) atoms. The highest BCUT2D eigenvalue weighted by molar-refractivity contribution is 5.82. The standard InChI is InChI=1S/C9H14O5/c1-8(2)12-5-9(14-8)3-6(4-10)13-7(9)11/h6,10H,3-5H2,1-2H3. The van der Waals surface area contributed by atoms with Crippen LogP contribution in [0.3, 0.4) is 0 Å². The van der Waals surface area contributed by atoms with Gasteiger partial charge in [-0.05, 0) is 13.8 Å². The molecule has 2 atom stereocenters. The largest absolute Gasteiger partial charge is 0.458 e. The summed E-state index contributed by atoms with van der Waals surface area (Å²) in [7, 11) is 0. The maximum atomic E-state index is 11.5. The number of cyclic esters (lactones) is 1. The molecule has 0 aromatic carbocycles. The zero-order valence-electron chi connectivity index (χ0n) is 8.28. The average Bonchev–Trinajstić information content (AvgIpc) is 2.56. The molecule has 1 N–H and O–H groups in total. The number of aliphatic hydroxyl groups is 1. The van der Waals surface area contributed by atoms with Crippen LogP contribution >= 0.6 is 0 Å². The third kappa shape index (κ3) is 1.41. The molecule has 0 radical (unpaired) electrons. The molecule has 2 unspecified atom stereocenters. The van der Waals surface area contributed by atoms with Crippen molar-refractivity contribution in [2.75, 3.05) is 13.2 Å². The fraction of sp³-hybridized carbons (Fsp3) is 0.889. The van der Waals surface area contributed by atoms with Crippen molar-refractivity contribution in [1.29, 1.82) is 0 Å². The van der Waals surface area contributed by atoms with Gasteiger partial charge in [0.15, 0.2) is 11.4 Å². The van der Waals surface area contributed by atoms with Crippen LogP contribution in [0.25, 0.3) is 0 Å². The van der Waals surface area contributed by atoms with E-state index < -0.39 is 23.5 Å². The van der Waals surface area contributed by atoms with Gasteiger partial charge in [-0.3, -0.25) is 0 Å². The van der Waals surface area contributed by atoms with Crippen LogP contribution in [0.5, 0.6) is 0 Å².